The quantitative estimate of drug-likeness (QED) is 0.637. The van der Waals surface area contributed by atoms with Crippen LogP contribution in [0, 0.1) is 5.92 Å². The predicted molar refractivity (Wildman–Crippen MR) is 116 cm³/mol. The van der Waals surface area contributed by atoms with Gasteiger partial charge in [-0.3, -0.25) is 4.79 Å². The van der Waals surface area contributed by atoms with E-state index in [2.05, 4.69) is 41.5 Å². The van der Waals surface area contributed by atoms with Crippen molar-refractivity contribution in [3.8, 4) is 0 Å². The molecular weight excluding hydrogens is 344 g/mol. The van der Waals surface area contributed by atoms with Crippen molar-refractivity contribution in [2.75, 3.05) is 0 Å². The molecule has 4 rings (SSSR count). The molecule has 28 heavy (non-hydrogen) atoms. The highest BCUT2D eigenvalue weighted by molar-refractivity contribution is 5.97. The highest BCUT2D eigenvalue weighted by atomic mass is 16.1. The average molecular weight is 379 g/mol. The fourth-order valence-electron chi connectivity index (χ4n) is 4.53. The monoisotopic (exact) mass is 378 g/mol. The van der Waals surface area contributed by atoms with Crippen LogP contribution in [0.25, 0.3) is 5.57 Å². The summed E-state index contributed by atoms with van der Waals surface area (Å²) < 4.78 is 2.35. The first-order valence-corrected chi connectivity index (χ1v) is 11.0. The lowest BCUT2D eigenvalue weighted by molar-refractivity contribution is -0.119. The molecule has 0 spiro atoms. The molecule has 0 amide bonds. The van der Waals surface area contributed by atoms with E-state index in [9.17, 15) is 4.79 Å². The number of hydrogen-bond donors (Lipinski definition) is 0. The maximum absolute atomic E-state index is 12.3. The van der Waals surface area contributed by atoms with Gasteiger partial charge >= 0.3 is 0 Å². The van der Waals surface area contributed by atoms with E-state index >= 15 is 0 Å². The molecule has 0 aliphatic heterocycles. The van der Waals surface area contributed by atoms with Crippen LogP contribution >= 0.6 is 0 Å². The van der Waals surface area contributed by atoms with Gasteiger partial charge in [0.05, 0.1) is 17.3 Å². The molecule has 2 aliphatic rings. The number of carbonyl (C=O) groups excluding carboxylic acids is 1. The molecule has 1 unspecified atom stereocenters. The minimum atomic E-state index is -0.113. The summed E-state index contributed by atoms with van der Waals surface area (Å²) in [6.07, 6.45) is 8.13. The minimum Gasteiger partial charge on any atom is -0.324 e. The molecule has 2 aliphatic carbocycles. The Balaban J connectivity index is 0.00000109. The first kappa shape index (κ1) is 20.6. The molecular formula is C25H34N2O. The van der Waals surface area contributed by atoms with Crippen LogP contribution in [0.2, 0.25) is 0 Å². The van der Waals surface area contributed by atoms with E-state index in [-0.39, 0.29) is 11.7 Å². The normalized spacial score (nSPS) is 19.8. The van der Waals surface area contributed by atoms with Gasteiger partial charge in [0.2, 0.25) is 0 Å². The summed E-state index contributed by atoms with van der Waals surface area (Å²) in [7, 11) is 0. The topological polar surface area (TPSA) is 34.9 Å². The van der Waals surface area contributed by atoms with Gasteiger partial charge in [-0.25, -0.2) is 4.98 Å². The number of hydrogen-bond acceptors (Lipinski definition) is 2. The SMILES string of the molecule is C=C1CC(=O)C(C)c2nc(CC3CCCCC3)n(Cc3ccccc3)c21.CC. The third-order valence-corrected chi connectivity index (χ3v) is 6.07. The Kier molecular flexibility index (Phi) is 6.88. The summed E-state index contributed by atoms with van der Waals surface area (Å²) in [5.41, 5.74) is 4.27. The van der Waals surface area contributed by atoms with Crippen molar-refractivity contribution in [3.05, 3.63) is 59.7 Å². The highest BCUT2D eigenvalue weighted by Crippen LogP contribution is 2.37. The molecule has 3 nitrogen and oxygen atoms in total. The van der Waals surface area contributed by atoms with Gasteiger partial charge < -0.3 is 4.57 Å². The van der Waals surface area contributed by atoms with E-state index in [1.165, 1.54) is 37.7 Å². The smallest absolute Gasteiger partial charge is 0.146 e. The van der Waals surface area contributed by atoms with Crippen LogP contribution < -0.4 is 0 Å². The van der Waals surface area contributed by atoms with Crippen LogP contribution in [-0.4, -0.2) is 15.3 Å². The second kappa shape index (κ2) is 9.36. The highest BCUT2D eigenvalue weighted by Gasteiger charge is 2.33. The third-order valence-electron chi connectivity index (χ3n) is 6.07. The summed E-state index contributed by atoms with van der Waals surface area (Å²) >= 11 is 0. The maximum Gasteiger partial charge on any atom is 0.146 e. The zero-order chi connectivity index (χ0) is 20.1. The van der Waals surface area contributed by atoms with Crippen molar-refractivity contribution >= 4 is 11.4 Å². The largest absolute Gasteiger partial charge is 0.324 e. The van der Waals surface area contributed by atoms with Crippen molar-refractivity contribution in [2.45, 2.75) is 78.2 Å². The number of aromatic nitrogens is 2. The molecule has 0 saturated heterocycles. The van der Waals surface area contributed by atoms with Crippen LogP contribution in [0.15, 0.2) is 36.9 Å². The number of fused-ring (bicyclic) bond motifs is 1. The third kappa shape index (κ3) is 4.29. The molecule has 1 saturated carbocycles. The zero-order valence-electron chi connectivity index (χ0n) is 17.7. The number of imidazole rings is 1. The Bertz CT molecular complexity index is 813. The van der Waals surface area contributed by atoms with E-state index in [0.717, 1.165) is 41.7 Å². The van der Waals surface area contributed by atoms with Crippen LogP contribution in [-0.2, 0) is 17.8 Å². The molecule has 2 aromatic rings. The van der Waals surface area contributed by atoms with Gasteiger partial charge in [-0.15, -0.1) is 0 Å². The molecule has 1 aromatic heterocycles. The summed E-state index contributed by atoms with van der Waals surface area (Å²) in [6.45, 7) is 11.0. The summed E-state index contributed by atoms with van der Waals surface area (Å²) in [4.78, 5) is 17.3. The minimum absolute atomic E-state index is 0.113. The van der Waals surface area contributed by atoms with Gasteiger partial charge in [0.25, 0.3) is 0 Å². The Hall–Kier alpha value is -2.16. The van der Waals surface area contributed by atoms with Gasteiger partial charge in [-0.1, -0.05) is 82.9 Å². The lowest BCUT2D eigenvalue weighted by atomic mass is 9.87. The molecule has 0 N–H and O–H groups in total. The Morgan fingerprint density at radius 3 is 2.46 bits per heavy atom. The lowest BCUT2D eigenvalue weighted by Gasteiger charge is -2.23. The average Bonchev–Trinajstić information content (AvgIpc) is 3.08. The Morgan fingerprint density at radius 2 is 1.79 bits per heavy atom. The van der Waals surface area contributed by atoms with Gasteiger partial charge in [0.15, 0.2) is 0 Å². The number of allylic oxidation sites excluding steroid dienone is 1. The van der Waals surface area contributed by atoms with Crippen LogP contribution in [0.4, 0.5) is 0 Å². The van der Waals surface area contributed by atoms with Crippen LogP contribution in [0.3, 0.4) is 0 Å². The van der Waals surface area contributed by atoms with E-state index in [4.69, 9.17) is 4.98 Å². The number of Topliss-reactive ketones (excluding diaryl/α,β-unsaturated/α-hetero) is 1. The Labute approximate surface area is 169 Å². The maximum atomic E-state index is 12.3. The van der Waals surface area contributed by atoms with Crippen molar-refractivity contribution in [3.63, 3.8) is 0 Å². The molecule has 1 fully saturated rings. The Morgan fingerprint density at radius 1 is 1.11 bits per heavy atom. The van der Waals surface area contributed by atoms with E-state index in [0.29, 0.717) is 6.42 Å². The summed E-state index contributed by atoms with van der Waals surface area (Å²) in [5, 5.41) is 0. The van der Waals surface area contributed by atoms with E-state index < -0.39 is 0 Å². The summed E-state index contributed by atoms with van der Waals surface area (Å²) in [5.74, 6) is 2.00. The number of rotatable bonds is 4. The van der Waals surface area contributed by atoms with Crippen molar-refractivity contribution < 1.29 is 4.79 Å². The van der Waals surface area contributed by atoms with E-state index in [1.54, 1.807) is 0 Å². The van der Waals surface area contributed by atoms with Gasteiger partial charge in [-0.05, 0) is 24.0 Å². The first-order chi connectivity index (χ1) is 13.6. The van der Waals surface area contributed by atoms with Crippen LogP contribution in [0.1, 0.15) is 88.0 Å². The molecule has 1 aromatic carbocycles. The zero-order valence-corrected chi connectivity index (χ0v) is 17.7. The fourth-order valence-corrected chi connectivity index (χ4v) is 4.53. The fraction of sp³-hybridized carbons (Fsp3) is 0.520. The lowest BCUT2D eigenvalue weighted by Crippen LogP contribution is -2.19. The molecule has 150 valence electrons. The van der Waals surface area contributed by atoms with E-state index in [1.807, 2.05) is 20.8 Å². The van der Waals surface area contributed by atoms with Gasteiger partial charge in [0, 0.05) is 19.4 Å². The standard InChI is InChI=1S/C23H28N2O.C2H6/c1-16-13-20(26)17(2)22-23(16)25(15-19-11-7-4-8-12-19)21(24-22)14-18-9-5-3-6-10-18;1-2/h4,7-8,11-12,17-18H,1,3,5-6,9-10,13-15H2,2H3;1-2H3. The van der Waals surface area contributed by atoms with Crippen LogP contribution in [0.5, 0.6) is 0 Å². The van der Waals surface area contributed by atoms with Gasteiger partial charge in [-0.2, -0.15) is 0 Å². The predicted octanol–water partition coefficient (Wildman–Crippen LogP) is 6.17. The van der Waals surface area contributed by atoms with Crippen molar-refractivity contribution in [1.29, 1.82) is 0 Å². The summed E-state index contributed by atoms with van der Waals surface area (Å²) in [6, 6.07) is 10.5. The molecule has 1 atom stereocenters. The molecule has 0 radical (unpaired) electrons. The second-order valence-corrected chi connectivity index (χ2v) is 8.01. The number of carbonyl (C=O) groups is 1. The molecule has 1 heterocycles. The van der Waals surface area contributed by atoms with Gasteiger partial charge in [0.1, 0.15) is 11.6 Å². The molecule has 3 heteroatoms. The molecule has 0 bridgehead atoms. The van der Waals surface area contributed by atoms with Crippen molar-refractivity contribution in [1.82, 2.24) is 9.55 Å². The second-order valence-electron chi connectivity index (χ2n) is 8.01. The number of ketones is 1. The number of benzene rings is 1. The first-order valence-electron chi connectivity index (χ1n) is 11.0. The number of nitrogens with zero attached hydrogens (tertiary/aromatic N) is 2. The van der Waals surface area contributed by atoms with Crippen molar-refractivity contribution in [2.24, 2.45) is 5.92 Å².